The number of pyridine rings is 1. The summed E-state index contributed by atoms with van der Waals surface area (Å²) in [6, 6.07) is 20.4. The molecule has 1 atom stereocenters. The number of hydrogen-bond donors (Lipinski definition) is 1. The summed E-state index contributed by atoms with van der Waals surface area (Å²) >= 11 is 0. The zero-order valence-corrected chi connectivity index (χ0v) is 23.7. The lowest BCUT2D eigenvalue weighted by molar-refractivity contribution is 0.0327. The average molecular weight is 581 g/mol. The van der Waals surface area contributed by atoms with Crippen LogP contribution in [0.3, 0.4) is 0 Å². The molecule has 2 aliphatic rings. The lowest BCUT2D eigenvalue weighted by atomic mass is 10.1. The van der Waals surface area contributed by atoms with Gasteiger partial charge in [-0.15, -0.1) is 0 Å². The number of rotatable bonds is 7. The van der Waals surface area contributed by atoms with E-state index in [1.165, 1.54) is 16.8 Å². The Balaban J connectivity index is 1.09. The van der Waals surface area contributed by atoms with Crippen molar-refractivity contribution in [3.05, 3.63) is 106 Å². The summed E-state index contributed by atoms with van der Waals surface area (Å²) in [5, 5.41) is 3.34. The molecule has 1 unspecified atom stereocenters. The minimum atomic E-state index is -0.676. The summed E-state index contributed by atoms with van der Waals surface area (Å²) in [5.74, 6) is -0.196. The molecule has 10 heteroatoms. The number of aromatic nitrogens is 3. The number of ether oxygens (including phenoxy) is 3. The molecule has 0 bridgehead atoms. The molecule has 1 spiro atoms. The Morgan fingerprint density at radius 2 is 1.88 bits per heavy atom. The molecular weight excluding hydrogens is 551 g/mol. The van der Waals surface area contributed by atoms with Crippen molar-refractivity contribution in [3.63, 3.8) is 0 Å². The van der Waals surface area contributed by atoms with E-state index in [1.54, 1.807) is 43.0 Å². The lowest BCUT2D eigenvalue weighted by Gasteiger charge is -2.19. The zero-order chi connectivity index (χ0) is 29.7. The molecule has 2 fully saturated rings. The number of fused-ring (bicyclic) bond motifs is 1. The summed E-state index contributed by atoms with van der Waals surface area (Å²) in [7, 11) is 1.71. The normalized spacial score (nSPS) is 16.9. The van der Waals surface area contributed by atoms with Gasteiger partial charge in [-0.25, -0.2) is 9.07 Å². The molecule has 9 nitrogen and oxygen atoms in total. The molecule has 3 aromatic carbocycles. The van der Waals surface area contributed by atoms with E-state index < -0.39 is 17.3 Å². The van der Waals surface area contributed by atoms with E-state index in [9.17, 15) is 9.59 Å². The Hall–Kier alpha value is -4.96. The van der Waals surface area contributed by atoms with Crippen LogP contribution in [0, 0.1) is 12.7 Å². The third kappa shape index (κ3) is 4.83. The van der Waals surface area contributed by atoms with Crippen molar-refractivity contribution in [1.82, 2.24) is 14.3 Å². The first-order valence-corrected chi connectivity index (χ1v) is 14.2. The molecular formula is C33H29FN4O5. The molecule has 1 saturated carbocycles. The number of amides is 1. The highest BCUT2D eigenvalue weighted by molar-refractivity contribution is 6.05. The Morgan fingerprint density at radius 3 is 2.65 bits per heavy atom. The number of carbonyl (C=O) groups is 1. The number of anilines is 1. The van der Waals surface area contributed by atoms with E-state index in [2.05, 4.69) is 10.3 Å². The molecule has 7 rings (SSSR count). The van der Waals surface area contributed by atoms with Crippen LogP contribution in [0.2, 0.25) is 0 Å². The molecule has 2 aromatic heterocycles. The van der Waals surface area contributed by atoms with Crippen molar-refractivity contribution in [2.45, 2.75) is 37.9 Å². The monoisotopic (exact) mass is 580 g/mol. The molecule has 43 heavy (non-hydrogen) atoms. The Kier molecular flexibility index (Phi) is 6.50. The maximum Gasteiger partial charge on any atom is 0.284 e. The fraction of sp³-hybridized carbons (Fsp3) is 0.242. The topological polar surface area (TPSA) is 96.6 Å². The second kappa shape index (κ2) is 10.4. The SMILES string of the molecule is Cc1c(C(=O)Nc2ccc(Oc3ccnc4cc(OC5CCOC56CC6)ccc34)c(F)c2)c(=O)n(-c2ccccc2)n1C. The highest BCUT2D eigenvalue weighted by Gasteiger charge is 2.55. The van der Waals surface area contributed by atoms with Gasteiger partial charge in [-0.2, -0.15) is 0 Å². The van der Waals surface area contributed by atoms with Crippen LogP contribution in [0.25, 0.3) is 16.6 Å². The third-order valence-corrected chi connectivity index (χ3v) is 8.24. The molecule has 0 radical (unpaired) electrons. The van der Waals surface area contributed by atoms with Gasteiger partial charge >= 0.3 is 0 Å². The van der Waals surface area contributed by atoms with Gasteiger partial charge in [0, 0.05) is 42.9 Å². The number of hydrogen-bond acceptors (Lipinski definition) is 6. The highest BCUT2D eigenvalue weighted by atomic mass is 19.1. The van der Waals surface area contributed by atoms with E-state index in [0.717, 1.165) is 25.3 Å². The van der Waals surface area contributed by atoms with E-state index in [4.69, 9.17) is 14.2 Å². The van der Waals surface area contributed by atoms with Gasteiger partial charge in [0.05, 0.1) is 23.5 Å². The Labute approximate surface area is 246 Å². The van der Waals surface area contributed by atoms with Crippen LogP contribution in [0.4, 0.5) is 10.1 Å². The fourth-order valence-corrected chi connectivity index (χ4v) is 5.71. The number of carbonyl (C=O) groups excluding carboxylic acids is 1. The zero-order valence-electron chi connectivity index (χ0n) is 23.7. The van der Waals surface area contributed by atoms with Gasteiger partial charge in [0.1, 0.15) is 28.8 Å². The number of nitrogens with zero attached hydrogens (tertiary/aromatic N) is 3. The summed E-state index contributed by atoms with van der Waals surface area (Å²) in [4.78, 5) is 30.8. The summed E-state index contributed by atoms with van der Waals surface area (Å²) in [5.41, 5.74) is 1.34. The molecule has 1 aliphatic carbocycles. The summed E-state index contributed by atoms with van der Waals surface area (Å²) in [6.45, 7) is 2.40. The molecule has 218 valence electrons. The molecule has 1 aliphatic heterocycles. The predicted molar refractivity (Wildman–Crippen MR) is 159 cm³/mol. The van der Waals surface area contributed by atoms with Gasteiger partial charge in [-0.1, -0.05) is 18.2 Å². The number of nitrogens with one attached hydrogen (secondary N) is 1. The lowest BCUT2D eigenvalue weighted by Crippen LogP contribution is -2.28. The largest absolute Gasteiger partial charge is 0.487 e. The Morgan fingerprint density at radius 1 is 1.07 bits per heavy atom. The van der Waals surface area contributed by atoms with Crippen LogP contribution in [0.1, 0.15) is 35.3 Å². The Bertz CT molecular complexity index is 1930. The van der Waals surface area contributed by atoms with Crippen molar-refractivity contribution in [2.24, 2.45) is 7.05 Å². The van der Waals surface area contributed by atoms with Crippen molar-refractivity contribution >= 4 is 22.5 Å². The van der Waals surface area contributed by atoms with Crippen LogP contribution in [-0.4, -0.2) is 38.6 Å². The second-order valence-electron chi connectivity index (χ2n) is 10.9. The van der Waals surface area contributed by atoms with E-state index in [-0.39, 0.29) is 28.7 Å². The standard InChI is InChI=1S/C33H29FN4O5/c1-20-30(32(40)38(37(20)2)22-6-4-3-5-7-22)31(39)36-21-8-11-28(25(34)18-21)43-27-12-16-35-26-19-23(9-10-24(26)27)42-29-13-17-41-33(29)14-15-33/h3-12,16,18-19,29H,13-15,17H2,1-2H3,(H,36,39). The smallest absolute Gasteiger partial charge is 0.284 e. The molecule has 3 heterocycles. The van der Waals surface area contributed by atoms with Gasteiger partial charge in [0.2, 0.25) is 0 Å². The first-order valence-electron chi connectivity index (χ1n) is 14.2. The molecule has 1 saturated heterocycles. The maximum absolute atomic E-state index is 15.2. The van der Waals surface area contributed by atoms with Crippen LogP contribution < -0.4 is 20.3 Å². The third-order valence-electron chi connectivity index (χ3n) is 8.24. The maximum atomic E-state index is 15.2. The summed E-state index contributed by atoms with van der Waals surface area (Å²) < 4.78 is 36.3. The first kappa shape index (κ1) is 26.9. The number of halogens is 1. The number of benzene rings is 3. The molecule has 1 N–H and O–H groups in total. The highest BCUT2D eigenvalue weighted by Crippen LogP contribution is 2.49. The minimum Gasteiger partial charge on any atom is -0.487 e. The van der Waals surface area contributed by atoms with Crippen molar-refractivity contribution in [3.8, 4) is 22.9 Å². The molecule has 1 amide bonds. The van der Waals surface area contributed by atoms with Crippen LogP contribution in [0.5, 0.6) is 17.2 Å². The number of para-hydroxylation sites is 1. The predicted octanol–water partition coefficient (Wildman–Crippen LogP) is 5.92. The molecule has 5 aromatic rings. The fourth-order valence-electron chi connectivity index (χ4n) is 5.71. The van der Waals surface area contributed by atoms with Gasteiger partial charge in [0.15, 0.2) is 11.6 Å². The van der Waals surface area contributed by atoms with Gasteiger partial charge in [-0.05, 0) is 62.2 Å². The van der Waals surface area contributed by atoms with E-state index in [0.29, 0.717) is 40.4 Å². The average Bonchev–Trinajstić information content (AvgIpc) is 3.63. The minimum absolute atomic E-state index is 0.0214. The van der Waals surface area contributed by atoms with E-state index in [1.807, 2.05) is 36.4 Å². The van der Waals surface area contributed by atoms with Crippen molar-refractivity contribution in [2.75, 3.05) is 11.9 Å². The quantitative estimate of drug-likeness (QED) is 0.257. The van der Waals surface area contributed by atoms with Crippen molar-refractivity contribution in [1.29, 1.82) is 0 Å². The van der Waals surface area contributed by atoms with Crippen LogP contribution in [-0.2, 0) is 11.8 Å². The van der Waals surface area contributed by atoms with Crippen LogP contribution >= 0.6 is 0 Å². The summed E-state index contributed by atoms with van der Waals surface area (Å²) in [6.07, 6.45) is 4.54. The van der Waals surface area contributed by atoms with Crippen molar-refractivity contribution < 1.29 is 23.4 Å². The first-order chi connectivity index (χ1) is 20.8. The van der Waals surface area contributed by atoms with E-state index >= 15 is 4.39 Å². The van der Waals surface area contributed by atoms with Gasteiger partial charge < -0.3 is 19.5 Å². The van der Waals surface area contributed by atoms with Gasteiger partial charge in [-0.3, -0.25) is 19.3 Å². The van der Waals surface area contributed by atoms with Crippen LogP contribution in [0.15, 0.2) is 83.8 Å². The van der Waals surface area contributed by atoms with Gasteiger partial charge in [0.25, 0.3) is 11.5 Å². The second-order valence-corrected chi connectivity index (χ2v) is 10.9.